The molecular weight excluding hydrogens is 473 g/mol. The molecule has 2 aromatic heterocycles. The highest BCUT2D eigenvalue weighted by Gasteiger charge is 2.34. The number of halogens is 1. The summed E-state index contributed by atoms with van der Waals surface area (Å²) in [6, 6.07) is 15.5. The van der Waals surface area contributed by atoms with Crippen molar-refractivity contribution in [1.29, 1.82) is 0 Å². The van der Waals surface area contributed by atoms with E-state index in [0.717, 1.165) is 10.4 Å². The van der Waals surface area contributed by atoms with Gasteiger partial charge in [-0.15, -0.1) is 10.2 Å². The van der Waals surface area contributed by atoms with E-state index < -0.39 is 17.5 Å². The van der Waals surface area contributed by atoms with Crippen LogP contribution in [0.25, 0.3) is 11.4 Å². The number of pyridine rings is 1. The van der Waals surface area contributed by atoms with Crippen LogP contribution in [-0.4, -0.2) is 42.5 Å². The molecule has 2 aromatic carbocycles. The molecule has 0 aliphatic rings. The van der Waals surface area contributed by atoms with E-state index >= 15 is 0 Å². The van der Waals surface area contributed by atoms with E-state index in [9.17, 15) is 14.0 Å². The van der Waals surface area contributed by atoms with Crippen LogP contribution in [0.5, 0.6) is 0 Å². The van der Waals surface area contributed by atoms with Crippen LogP contribution in [0.4, 0.5) is 10.1 Å². The lowest BCUT2D eigenvalue weighted by molar-refractivity contribution is -0.128. The minimum absolute atomic E-state index is 0.255. The third kappa shape index (κ3) is 6.40. The Kier molecular flexibility index (Phi) is 7.37. The second-order valence-corrected chi connectivity index (χ2v) is 9.67. The van der Waals surface area contributed by atoms with Gasteiger partial charge in [0, 0.05) is 29.2 Å². The average Bonchev–Trinajstić information content (AvgIpc) is 3.31. The van der Waals surface area contributed by atoms with E-state index in [0.29, 0.717) is 16.8 Å². The van der Waals surface area contributed by atoms with Gasteiger partial charge < -0.3 is 5.32 Å². The zero-order valence-electron chi connectivity index (χ0n) is 21.1. The lowest BCUT2D eigenvalue weighted by Crippen LogP contribution is -2.50. The van der Waals surface area contributed by atoms with Crippen LogP contribution in [0.3, 0.4) is 0 Å². The van der Waals surface area contributed by atoms with Gasteiger partial charge in [-0.3, -0.25) is 19.5 Å². The number of rotatable bonds is 7. The SMILES string of the molecule is Cc1ccc(N(C(=O)Cn2nnc(-c3ccc(F)cc3)n2)[C@@H](C(=O)NC(C)(C)C)c2ccncc2)cc1. The molecule has 0 spiro atoms. The molecular formula is C27H28FN7O2. The molecule has 1 N–H and O–H groups in total. The molecule has 10 heteroatoms. The number of benzene rings is 2. The predicted octanol–water partition coefficient (Wildman–Crippen LogP) is 3.87. The lowest BCUT2D eigenvalue weighted by Gasteiger charge is -2.33. The van der Waals surface area contributed by atoms with Crippen molar-refractivity contribution in [3.8, 4) is 11.4 Å². The van der Waals surface area contributed by atoms with Crippen molar-refractivity contribution in [3.63, 3.8) is 0 Å². The first-order chi connectivity index (χ1) is 17.6. The Hall–Kier alpha value is -4.47. The predicted molar refractivity (Wildman–Crippen MR) is 137 cm³/mol. The summed E-state index contributed by atoms with van der Waals surface area (Å²) in [6.45, 7) is 7.31. The smallest absolute Gasteiger partial charge is 0.251 e. The highest BCUT2D eigenvalue weighted by molar-refractivity contribution is 6.01. The van der Waals surface area contributed by atoms with E-state index in [1.54, 1.807) is 36.7 Å². The summed E-state index contributed by atoms with van der Waals surface area (Å²) in [5, 5.41) is 15.3. The van der Waals surface area contributed by atoms with Crippen LogP contribution in [0, 0.1) is 12.7 Å². The highest BCUT2D eigenvalue weighted by atomic mass is 19.1. The Labute approximate surface area is 214 Å². The molecule has 0 saturated carbocycles. The number of hydrogen-bond acceptors (Lipinski definition) is 6. The standard InChI is InChI=1S/C27H28FN7O2/c1-18-5-11-22(12-6-18)35(24(19-13-15-29-16-14-19)26(37)30-27(2,3)4)23(36)17-34-32-25(31-33-34)20-7-9-21(28)10-8-20/h5-16,24H,17H2,1-4H3,(H,30,37)/t24-/m1/s1. The number of anilines is 1. The van der Waals surface area contributed by atoms with Crippen molar-refractivity contribution in [1.82, 2.24) is 30.5 Å². The molecule has 0 aliphatic carbocycles. The fourth-order valence-electron chi connectivity index (χ4n) is 3.77. The van der Waals surface area contributed by atoms with Crippen LogP contribution in [0.2, 0.25) is 0 Å². The third-order valence-corrected chi connectivity index (χ3v) is 5.44. The Balaban J connectivity index is 1.72. The zero-order valence-corrected chi connectivity index (χ0v) is 21.1. The molecule has 0 bridgehead atoms. The molecule has 4 aromatic rings. The highest BCUT2D eigenvalue weighted by Crippen LogP contribution is 2.29. The van der Waals surface area contributed by atoms with E-state index in [4.69, 9.17) is 0 Å². The topological polar surface area (TPSA) is 106 Å². The van der Waals surface area contributed by atoms with Crippen LogP contribution < -0.4 is 10.2 Å². The fourth-order valence-corrected chi connectivity index (χ4v) is 3.77. The van der Waals surface area contributed by atoms with Crippen LogP contribution >= 0.6 is 0 Å². The molecule has 1 atom stereocenters. The third-order valence-electron chi connectivity index (χ3n) is 5.44. The van der Waals surface area contributed by atoms with Gasteiger partial charge >= 0.3 is 0 Å². The molecule has 2 heterocycles. The fraction of sp³-hybridized carbons (Fsp3) is 0.259. The number of amides is 2. The van der Waals surface area contributed by atoms with Gasteiger partial charge in [0.05, 0.1) is 0 Å². The lowest BCUT2D eigenvalue weighted by atomic mass is 10.0. The summed E-state index contributed by atoms with van der Waals surface area (Å²) in [4.78, 5) is 34.1. The normalized spacial score (nSPS) is 12.1. The Bertz CT molecular complexity index is 1360. The van der Waals surface area contributed by atoms with Gasteiger partial charge in [-0.1, -0.05) is 17.7 Å². The van der Waals surface area contributed by atoms with E-state index in [1.807, 2.05) is 39.8 Å². The molecule has 2 amide bonds. The summed E-state index contributed by atoms with van der Waals surface area (Å²) in [5.74, 6) is -0.884. The van der Waals surface area contributed by atoms with Crippen molar-refractivity contribution in [2.24, 2.45) is 0 Å². The van der Waals surface area contributed by atoms with Crippen molar-refractivity contribution in [3.05, 3.63) is 90.0 Å². The Morgan fingerprint density at radius 1 is 1.00 bits per heavy atom. The van der Waals surface area contributed by atoms with Crippen molar-refractivity contribution in [2.75, 3.05) is 4.90 Å². The number of nitrogens with one attached hydrogen (secondary N) is 1. The number of carbonyl (C=O) groups is 2. The van der Waals surface area contributed by atoms with E-state index in [1.165, 1.54) is 29.2 Å². The van der Waals surface area contributed by atoms with Gasteiger partial charge in [-0.05, 0) is 87.0 Å². The number of aryl methyl sites for hydroxylation is 1. The molecule has 4 rings (SSSR count). The average molecular weight is 502 g/mol. The summed E-state index contributed by atoms with van der Waals surface area (Å²) < 4.78 is 13.3. The molecule has 9 nitrogen and oxygen atoms in total. The van der Waals surface area contributed by atoms with E-state index in [-0.39, 0.29) is 24.1 Å². The van der Waals surface area contributed by atoms with Crippen molar-refractivity contribution in [2.45, 2.75) is 45.8 Å². The minimum atomic E-state index is -0.975. The van der Waals surface area contributed by atoms with E-state index in [2.05, 4.69) is 25.7 Å². The summed E-state index contributed by atoms with van der Waals surface area (Å²) in [6.07, 6.45) is 3.16. The first kappa shape index (κ1) is 25.6. The molecule has 0 aliphatic heterocycles. The van der Waals surface area contributed by atoms with Gasteiger partial charge in [-0.2, -0.15) is 4.80 Å². The maximum atomic E-state index is 13.8. The number of aromatic nitrogens is 5. The number of hydrogen-bond donors (Lipinski definition) is 1. The van der Waals surface area contributed by atoms with Gasteiger partial charge in [-0.25, -0.2) is 4.39 Å². The van der Waals surface area contributed by atoms with Gasteiger partial charge in [0.1, 0.15) is 18.4 Å². The van der Waals surface area contributed by atoms with Crippen LogP contribution in [0.15, 0.2) is 73.1 Å². The van der Waals surface area contributed by atoms with Crippen molar-refractivity contribution >= 4 is 17.5 Å². The van der Waals surface area contributed by atoms with Gasteiger partial charge in [0.25, 0.3) is 5.91 Å². The van der Waals surface area contributed by atoms with Crippen LogP contribution in [0.1, 0.15) is 37.9 Å². The van der Waals surface area contributed by atoms with Crippen molar-refractivity contribution < 1.29 is 14.0 Å². The quantitative estimate of drug-likeness (QED) is 0.412. The maximum absolute atomic E-state index is 13.8. The molecule has 0 unspecified atom stereocenters. The zero-order chi connectivity index (χ0) is 26.6. The summed E-state index contributed by atoms with van der Waals surface area (Å²) in [5.41, 5.74) is 2.19. The minimum Gasteiger partial charge on any atom is -0.349 e. The molecule has 190 valence electrons. The summed E-state index contributed by atoms with van der Waals surface area (Å²) >= 11 is 0. The Morgan fingerprint density at radius 3 is 2.27 bits per heavy atom. The van der Waals surface area contributed by atoms with Gasteiger partial charge in [0.15, 0.2) is 0 Å². The number of tetrazole rings is 1. The molecule has 0 fully saturated rings. The largest absolute Gasteiger partial charge is 0.349 e. The number of carbonyl (C=O) groups excluding carboxylic acids is 2. The number of nitrogens with zero attached hydrogens (tertiary/aromatic N) is 6. The summed E-state index contributed by atoms with van der Waals surface area (Å²) in [7, 11) is 0. The second kappa shape index (κ2) is 10.7. The Morgan fingerprint density at radius 2 is 1.65 bits per heavy atom. The van der Waals surface area contributed by atoms with Crippen LogP contribution in [-0.2, 0) is 16.1 Å². The first-order valence-corrected chi connectivity index (χ1v) is 11.8. The second-order valence-electron chi connectivity index (χ2n) is 9.67. The molecule has 37 heavy (non-hydrogen) atoms. The molecule has 0 radical (unpaired) electrons. The molecule has 0 saturated heterocycles. The van der Waals surface area contributed by atoms with Gasteiger partial charge in [0.2, 0.25) is 11.7 Å². The monoisotopic (exact) mass is 501 g/mol. The first-order valence-electron chi connectivity index (χ1n) is 11.8. The maximum Gasteiger partial charge on any atom is 0.251 e.